The van der Waals surface area contributed by atoms with Crippen molar-refractivity contribution >= 4 is 55.6 Å². The van der Waals surface area contributed by atoms with E-state index in [1.807, 2.05) is 0 Å². The summed E-state index contributed by atoms with van der Waals surface area (Å²) in [5, 5.41) is 16.3. The summed E-state index contributed by atoms with van der Waals surface area (Å²) in [6.45, 7) is 3.58. The smallest absolute Gasteiger partial charge is 0.410 e. The minimum absolute atomic E-state index is 0.0355. The lowest BCUT2D eigenvalue weighted by molar-refractivity contribution is -0.387. The molecule has 5 aliphatic rings. The van der Waals surface area contributed by atoms with Gasteiger partial charge in [-0.3, -0.25) is 34.1 Å². The highest BCUT2D eigenvalue weighted by Gasteiger charge is 2.62. The number of nitrogens with zero attached hydrogens (tertiary/aromatic N) is 4. The first-order valence-corrected chi connectivity index (χ1v) is 23.4. The van der Waals surface area contributed by atoms with Crippen LogP contribution in [0.15, 0.2) is 59.5 Å². The number of alkyl carbamates (subject to hydrolysis) is 1. The quantitative estimate of drug-likeness (QED) is 0.196. The molecule has 7 rings (SSSR count). The Labute approximate surface area is 362 Å². The Morgan fingerprint density at radius 2 is 1.75 bits per heavy atom. The SMILES string of the molecule is CC(C)(C)OC(=O)N[C@H]1CCCN(S(=O)(=O)c2ccccc2[N+](=O)[O-])C/C=C\[C@H]2C[C@@]2(C(=O)NS(=O)(=O)C2CC2)NC(=O)[C@@H]2CC(OC(=O)N3Cc4cccc(F)c4C3)CN2C1=O. The number of halogens is 1. The molecule has 23 heteroatoms. The van der Waals surface area contributed by atoms with Gasteiger partial charge in [0, 0.05) is 43.6 Å². The molecule has 0 bridgehead atoms. The summed E-state index contributed by atoms with van der Waals surface area (Å²) < 4.78 is 83.0. The van der Waals surface area contributed by atoms with Gasteiger partial charge in [0.1, 0.15) is 35.1 Å². The molecule has 1 saturated heterocycles. The van der Waals surface area contributed by atoms with Gasteiger partial charge >= 0.3 is 12.2 Å². The van der Waals surface area contributed by atoms with E-state index in [-0.39, 0.29) is 51.9 Å². The lowest BCUT2D eigenvalue weighted by Gasteiger charge is -2.30. The first-order chi connectivity index (χ1) is 29.6. The van der Waals surface area contributed by atoms with Crippen LogP contribution in [0.4, 0.5) is 19.7 Å². The van der Waals surface area contributed by atoms with Gasteiger partial charge in [-0.25, -0.2) is 30.8 Å². The molecule has 0 aromatic heterocycles. The van der Waals surface area contributed by atoms with Gasteiger partial charge in [0.2, 0.25) is 31.9 Å². The molecule has 3 heterocycles. The van der Waals surface area contributed by atoms with Gasteiger partial charge in [-0.15, -0.1) is 0 Å². The Hall–Kier alpha value is -5.68. The van der Waals surface area contributed by atoms with Gasteiger partial charge in [-0.05, 0) is 70.6 Å². The third-order valence-corrected chi connectivity index (χ3v) is 15.2. The maximum Gasteiger partial charge on any atom is 0.410 e. The molecule has 2 saturated carbocycles. The van der Waals surface area contributed by atoms with Crippen LogP contribution in [-0.2, 0) is 57.0 Å². The Balaban J connectivity index is 1.22. The highest BCUT2D eigenvalue weighted by atomic mass is 32.2. The lowest BCUT2D eigenvalue weighted by Crippen LogP contribution is -2.58. The third-order valence-electron chi connectivity index (χ3n) is 11.5. The van der Waals surface area contributed by atoms with Crippen LogP contribution in [0.5, 0.6) is 0 Å². The molecule has 340 valence electrons. The molecule has 2 aromatic carbocycles. The normalized spacial score (nSPS) is 26.2. The van der Waals surface area contributed by atoms with Crippen LogP contribution in [0.1, 0.15) is 70.4 Å². The standard InChI is InChI=1S/C40H48FN7O13S2/c1-39(2,3)61-37(52)42-30-12-8-18-46(63(58,59)33-14-5-4-13-31(33)48(54)55)17-7-10-25-20-40(25,36(51)44-62(56,57)27-15-16-27)43-34(49)32-19-26(22-47(32)35(30)50)60-38(53)45-21-24-9-6-11-29(41)28(24)23-45/h4-7,9-11,13-14,25-27,30,32H,8,12,15-23H2,1-3H3,(H,42,52)(H,43,49)(H,44,51)/b10-7-/t25-,26?,30-,32-,40+/m0/s1. The Morgan fingerprint density at radius 1 is 1.02 bits per heavy atom. The van der Waals surface area contributed by atoms with Crippen molar-refractivity contribution in [3.8, 4) is 0 Å². The van der Waals surface area contributed by atoms with Gasteiger partial charge in [-0.1, -0.05) is 36.4 Å². The number of sulfonamides is 2. The van der Waals surface area contributed by atoms with Crippen LogP contribution in [0.25, 0.3) is 0 Å². The van der Waals surface area contributed by atoms with Gasteiger partial charge in [-0.2, -0.15) is 4.31 Å². The van der Waals surface area contributed by atoms with Crippen LogP contribution in [0, 0.1) is 21.8 Å². The zero-order valence-electron chi connectivity index (χ0n) is 34.7. The van der Waals surface area contributed by atoms with Gasteiger partial charge < -0.3 is 25.0 Å². The summed E-state index contributed by atoms with van der Waals surface area (Å²) >= 11 is 0. The fourth-order valence-corrected chi connectivity index (χ4v) is 11.0. The van der Waals surface area contributed by atoms with E-state index in [1.165, 1.54) is 41.3 Å². The van der Waals surface area contributed by atoms with Crippen molar-refractivity contribution in [3.05, 3.63) is 81.7 Å². The number of nitro benzene ring substituents is 1. The molecule has 5 amide bonds. The Bertz CT molecular complexity index is 2480. The van der Waals surface area contributed by atoms with Gasteiger partial charge in [0.25, 0.3) is 11.6 Å². The van der Waals surface area contributed by atoms with Gasteiger partial charge in [0.15, 0.2) is 4.90 Å². The van der Waals surface area contributed by atoms with Crippen LogP contribution in [-0.4, -0.2) is 120 Å². The molecule has 3 aliphatic heterocycles. The van der Waals surface area contributed by atoms with Crippen LogP contribution in [0.2, 0.25) is 0 Å². The molecule has 0 spiro atoms. The Morgan fingerprint density at radius 3 is 2.43 bits per heavy atom. The maximum absolute atomic E-state index is 14.7. The number of para-hydroxylation sites is 1. The molecule has 63 heavy (non-hydrogen) atoms. The number of fused-ring (bicyclic) bond motifs is 3. The predicted octanol–water partition coefficient (Wildman–Crippen LogP) is 2.57. The van der Waals surface area contributed by atoms with Crippen molar-refractivity contribution in [2.24, 2.45) is 5.92 Å². The third kappa shape index (κ3) is 9.78. The molecule has 2 aromatic rings. The second-order valence-corrected chi connectivity index (χ2v) is 21.2. The molecule has 3 fully saturated rings. The second kappa shape index (κ2) is 17.1. The first kappa shape index (κ1) is 45.3. The highest BCUT2D eigenvalue weighted by molar-refractivity contribution is 7.91. The summed E-state index contributed by atoms with van der Waals surface area (Å²) in [5.74, 6) is -4.21. The predicted molar refractivity (Wildman–Crippen MR) is 218 cm³/mol. The molecular weight excluding hydrogens is 870 g/mol. The number of nitrogens with one attached hydrogen (secondary N) is 3. The second-order valence-electron chi connectivity index (χ2n) is 17.3. The zero-order chi connectivity index (χ0) is 45.6. The van der Waals surface area contributed by atoms with E-state index in [2.05, 4.69) is 15.4 Å². The van der Waals surface area contributed by atoms with E-state index in [0.29, 0.717) is 24.0 Å². The molecule has 3 N–H and O–H groups in total. The van der Waals surface area contributed by atoms with E-state index in [0.717, 1.165) is 21.3 Å². The summed E-state index contributed by atoms with van der Waals surface area (Å²) in [4.78, 5) is 82.5. The van der Waals surface area contributed by atoms with Crippen molar-refractivity contribution < 1.29 is 59.6 Å². The number of carbonyl (C=O) groups is 5. The van der Waals surface area contributed by atoms with Crippen molar-refractivity contribution in [1.29, 1.82) is 0 Å². The largest absolute Gasteiger partial charge is 0.444 e. The van der Waals surface area contributed by atoms with Crippen LogP contribution in [0.3, 0.4) is 0 Å². The fourth-order valence-electron chi connectivity index (χ4n) is 8.07. The number of rotatable bonds is 8. The molecule has 0 radical (unpaired) electrons. The van der Waals surface area contributed by atoms with E-state index in [9.17, 15) is 55.3 Å². The Kier molecular flexibility index (Phi) is 12.3. The zero-order valence-corrected chi connectivity index (χ0v) is 36.3. The van der Waals surface area contributed by atoms with E-state index >= 15 is 0 Å². The average Bonchev–Trinajstić information content (AvgIpc) is 4.09. The molecule has 1 unspecified atom stereocenters. The van der Waals surface area contributed by atoms with Crippen LogP contribution < -0.4 is 15.4 Å². The summed E-state index contributed by atoms with van der Waals surface area (Å²) in [5.41, 5.74) is -2.71. The van der Waals surface area contributed by atoms with Crippen molar-refractivity contribution in [1.82, 2.24) is 29.5 Å². The monoisotopic (exact) mass is 917 g/mol. The van der Waals surface area contributed by atoms with Crippen molar-refractivity contribution in [2.45, 2.75) is 112 Å². The minimum atomic E-state index is -4.63. The van der Waals surface area contributed by atoms with Gasteiger partial charge in [0.05, 0.1) is 23.3 Å². The van der Waals surface area contributed by atoms with E-state index in [1.54, 1.807) is 26.8 Å². The summed E-state index contributed by atoms with van der Waals surface area (Å²) in [6.07, 6.45) is -0.335. The summed E-state index contributed by atoms with van der Waals surface area (Å²) in [6, 6.07) is 6.26. The highest BCUT2D eigenvalue weighted by Crippen LogP contribution is 2.46. The molecule has 5 atom stereocenters. The molecule has 20 nitrogen and oxygen atoms in total. The van der Waals surface area contributed by atoms with Crippen LogP contribution >= 0.6 is 0 Å². The summed E-state index contributed by atoms with van der Waals surface area (Å²) in [7, 11) is -8.76. The van der Waals surface area contributed by atoms with Crippen molar-refractivity contribution in [2.75, 3.05) is 19.6 Å². The topological polar surface area (TPSA) is 261 Å². The lowest BCUT2D eigenvalue weighted by atomic mass is 10.1. The maximum atomic E-state index is 14.7. The molecule has 2 aliphatic carbocycles. The first-order valence-electron chi connectivity index (χ1n) is 20.4. The van der Waals surface area contributed by atoms with E-state index < -0.39 is 118 Å². The number of amides is 5. The number of carbonyl (C=O) groups excluding carboxylic acids is 5. The minimum Gasteiger partial charge on any atom is -0.444 e. The average molecular weight is 918 g/mol. The number of ether oxygens (including phenoxy) is 2. The fraction of sp³-hybridized carbons (Fsp3) is 0.525. The molecular formula is C40H48FN7O13S2. The van der Waals surface area contributed by atoms with Crippen molar-refractivity contribution in [3.63, 3.8) is 0 Å². The number of hydrogen-bond donors (Lipinski definition) is 3. The number of benzene rings is 2. The number of nitro groups is 1. The van der Waals surface area contributed by atoms with E-state index in [4.69, 9.17) is 9.47 Å². The number of hydrogen-bond acceptors (Lipinski definition) is 13.